The van der Waals surface area contributed by atoms with Gasteiger partial charge in [0.15, 0.2) is 12.1 Å². The van der Waals surface area contributed by atoms with E-state index in [2.05, 4.69) is 0 Å². The summed E-state index contributed by atoms with van der Waals surface area (Å²) in [6.45, 7) is -1.31. The number of rotatable bonds is 4. The maximum atomic E-state index is 11.6. The van der Waals surface area contributed by atoms with Crippen LogP contribution < -0.4 is 0 Å². The van der Waals surface area contributed by atoms with Gasteiger partial charge in [-0.1, -0.05) is 0 Å². The minimum Gasteiger partial charge on any atom is -0.394 e. The molecule has 10 nitrogen and oxygen atoms in total. The summed E-state index contributed by atoms with van der Waals surface area (Å²) in [5.41, 5.74) is 0. The Balaban J connectivity index is 2.02. The smallest absolute Gasteiger partial charge is 0.265 e. The van der Waals surface area contributed by atoms with Crippen molar-refractivity contribution >= 4 is 23.1 Å². The van der Waals surface area contributed by atoms with Crippen molar-refractivity contribution in [1.29, 1.82) is 0 Å². The second kappa shape index (κ2) is 6.91. The van der Waals surface area contributed by atoms with Crippen LogP contribution in [0.25, 0.3) is 0 Å². The number of hydrogen-bond acceptors (Lipinski definition) is 10. The predicted molar refractivity (Wildman–Crippen MR) is 67.9 cm³/mol. The third-order valence-electron chi connectivity index (χ3n) is 3.79. The molecule has 0 amide bonds. The Morgan fingerprint density at radius 3 is 2.30 bits per heavy atom. The van der Waals surface area contributed by atoms with Crippen molar-refractivity contribution in [2.75, 3.05) is 13.2 Å². The highest BCUT2D eigenvalue weighted by atomic mass is 16.7. The molecule has 0 radical (unpaired) electrons. The van der Waals surface area contributed by atoms with Crippen LogP contribution >= 0.6 is 0 Å². The molecule has 1 aliphatic carbocycles. The minimum absolute atomic E-state index is 0.640. The normalized spacial score (nSPS) is 39.0. The second-order valence-electron chi connectivity index (χ2n) is 5.34. The van der Waals surface area contributed by atoms with Crippen LogP contribution in [0.2, 0.25) is 0 Å². The fourth-order valence-corrected chi connectivity index (χ4v) is 2.37. The summed E-state index contributed by atoms with van der Waals surface area (Å²) in [5, 5.41) is 38.0. The van der Waals surface area contributed by atoms with E-state index < -0.39 is 79.4 Å². The van der Waals surface area contributed by atoms with Crippen LogP contribution in [0.1, 0.15) is 6.42 Å². The maximum Gasteiger partial charge on any atom is 0.265 e. The van der Waals surface area contributed by atoms with Crippen LogP contribution in [0.5, 0.6) is 0 Å². The Bertz CT molecular complexity index is 527. The summed E-state index contributed by atoms with van der Waals surface area (Å²) in [5.74, 6) is -5.84. The van der Waals surface area contributed by atoms with Crippen LogP contribution in [0.4, 0.5) is 0 Å². The number of hydrogen-bond donors (Lipinski definition) is 4. The number of carbonyl (C=O) groups excluding carboxylic acids is 4. The molecule has 2 unspecified atom stereocenters. The second-order valence-corrected chi connectivity index (χ2v) is 5.34. The Hall–Kier alpha value is -1.56. The molecular formula is C13H16O10. The number of aliphatic hydroxyl groups is 4. The summed E-state index contributed by atoms with van der Waals surface area (Å²) in [7, 11) is 0. The average Bonchev–Trinajstić information content (AvgIpc) is 2.52. The van der Waals surface area contributed by atoms with Gasteiger partial charge in [-0.3, -0.25) is 19.2 Å². The molecule has 23 heavy (non-hydrogen) atoms. The Kier molecular flexibility index (Phi) is 5.34. The summed E-state index contributed by atoms with van der Waals surface area (Å²) in [4.78, 5) is 45.7. The van der Waals surface area contributed by atoms with Crippen LogP contribution in [0.3, 0.4) is 0 Å². The fourth-order valence-electron chi connectivity index (χ4n) is 2.37. The van der Waals surface area contributed by atoms with Gasteiger partial charge in [-0.2, -0.15) is 0 Å². The molecule has 0 aromatic carbocycles. The van der Waals surface area contributed by atoms with Gasteiger partial charge in [0.2, 0.25) is 11.6 Å². The van der Waals surface area contributed by atoms with E-state index in [4.69, 9.17) is 14.6 Å². The average molecular weight is 332 g/mol. The molecule has 0 spiro atoms. The van der Waals surface area contributed by atoms with Crippen molar-refractivity contribution in [3.05, 3.63) is 0 Å². The molecule has 10 heteroatoms. The van der Waals surface area contributed by atoms with Gasteiger partial charge >= 0.3 is 0 Å². The van der Waals surface area contributed by atoms with Gasteiger partial charge in [-0.25, -0.2) is 0 Å². The Labute approximate surface area is 129 Å². The molecule has 1 saturated heterocycles. The molecule has 128 valence electrons. The van der Waals surface area contributed by atoms with Gasteiger partial charge in [-0.15, -0.1) is 0 Å². The summed E-state index contributed by atoms with van der Waals surface area (Å²) < 4.78 is 10.1. The first-order valence-electron chi connectivity index (χ1n) is 6.84. The third-order valence-corrected chi connectivity index (χ3v) is 3.79. The quantitative estimate of drug-likeness (QED) is 0.295. The largest absolute Gasteiger partial charge is 0.394 e. The van der Waals surface area contributed by atoms with Crippen LogP contribution in [-0.4, -0.2) is 87.5 Å². The van der Waals surface area contributed by atoms with E-state index in [-0.39, 0.29) is 0 Å². The lowest BCUT2D eigenvalue weighted by Gasteiger charge is -2.39. The topological polar surface area (TPSA) is 168 Å². The summed E-state index contributed by atoms with van der Waals surface area (Å²) in [6.07, 6.45) is -8.39. The Morgan fingerprint density at radius 2 is 1.70 bits per heavy atom. The first-order valence-corrected chi connectivity index (χ1v) is 6.84. The van der Waals surface area contributed by atoms with E-state index in [0.29, 0.717) is 0 Å². The van der Waals surface area contributed by atoms with Gasteiger partial charge in [-0.05, 0) is 0 Å². The van der Waals surface area contributed by atoms with E-state index in [1.807, 2.05) is 0 Å². The minimum atomic E-state index is -1.70. The van der Waals surface area contributed by atoms with Crippen molar-refractivity contribution < 1.29 is 49.1 Å². The van der Waals surface area contributed by atoms with Gasteiger partial charge in [0.1, 0.15) is 30.3 Å². The number of ether oxygens (including phenoxy) is 2. The molecule has 0 aromatic heterocycles. The lowest BCUT2D eigenvalue weighted by Crippen LogP contribution is -2.59. The number of ketones is 4. The molecular weight excluding hydrogens is 316 g/mol. The van der Waals surface area contributed by atoms with E-state index in [1.54, 1.807) is 0 Å². The van der Waals surface area contributed by atoms with Crippen molar-refractivity contribution in [3.63, 3.8) is 0 Å². The molecule has 1 aliphatic heterocycles. The molecule has 0 aromatic rings. The number of carbonyl (C=O) groups is 4. The monoisotopic (exact) mass is 332 g/mol. The van der Waals surface area contributed by atoms with Crippen molar-refractivity contribution in [2.45, 2.75) is 37.1 Å². The van der Waals surface area contributed by atoms with E-state index >= 15 is 0 Å². The van der Waals surface area contributed by atoms with Gasteiger partial charge < -0.3 is 29.9 Å². The molecule has 6 atom stereocenters. The van der Waals surface area contributed by atoms with Crippen LogP contribution in [0.15, 0.2) is 0 Å². The molecule has 1 saturated carbocycles. The van der Waals surface area contributed by atoms with Crippen molar-refractivity contribution in [1.82, 2.24) is 0 Å². The Morgan fingerprint density at radius 1 is 1.04 bits per heavy atom. The summed E-state index contributed by atoms with van der Waals surface area (Å²) in [6, 6.07) is 0. The van der Waals surface area contributed by atoms with Crippen molar-refractivity contribution in [2.24, 2.45) is 5.92 Å². The zero-order chi connectivity index (χ0) is 17.3. The first kappa shape index (κ1) is 17.8. The van der Waals surface area contributed by atoms with Gasteiger partial charge in [0.05, 0.1) is 19.6 Å². The molecule has 2 fully saturated rings. The molecule has 2 rings (SSSR count). The first-order chi connectivity index (χ1) is 10.8. The van der Waals surface area contributed by atoms with Crippen LogP contribution in [0, 0.1) is 5.92 Å². The summed E-state index contributed by atoms with van der Waals surface area (Å²) >= 11 is 0. The van der Waals surface area contributed by atoms with Crippen LogP contribution in [-0.2, 0) is 28.7 Å². The molecule has 1 heterocycles. The zero-order valence-electron chi connectivity index (χ0n) is 11.8. The van der Waals surface area contributed by atoms with Gasteiger partial charge in [0, 0.05) is 0 Å². The lowest BCUT2D eigenvalue weighted by molar-refractivity contribution is -0.302. The number of Topliss-reactive ketones (excluding diaryl/α,β-unsaturated/α-hetero) is 4. The third kappa shape index (κ3) is 3.37. The molecule has 4 N–H and O–H groups in total. The van der Waals surface area contributed by atoms with Gasteiger partial charge in [0.25, 0.3) is 5.78 Å². The maximum absolute atomic E-state index is 11.6. The lowest BCUT2D eigenvalue weighted by atomic mass is 9.85. The highest BCUT2D eigenvalue weighted by molar-refractivity contribution is 6.69. The van der Waals surface area contributed by atoms with E-state index in [0.717, 1.165) is 0 Å². The van der Waals surface area contributed by atoms with Crippen molar-refractivity contribution in [3.8, 4) is 0 Å². The predicted octanol–water partition coefficient (Wildman–Crippen LogP) is -3.90. The highest BCUT2D eigenvalue weighted by Gasteiger charge is 2.46. The van der Waals surface area contributed by atoms with E-state index in [1.165, 1.54) is 0 Å². The highest BCUT2D eigenvalue weighted by Crippen LogP contribution is 2.23. The zero-order valence-corrected chi connectivity index (χ0v) is 11.8. The standard InChI is InChI=1S/C13H16O10/c14-2-7-10(19)11(20)12(21)13(23-7)22-3-4-5(15)1-6(16)9(18)8(4)17/h4,7,10-14,19-21H,1-3H2/t4?,7-,10+,11+,12-,13?/m1/s1. The van der Waals surface area contributed by atoms with E-state index in [9.17, 15) is 34.5 Å². The number of aliphatic hydroxyl groups excluding tert-OH is 4. The molecule has 0 bridgehead atoms. The SMILES string of the molecule is O=C1CC(=O)C(COC2O[C@H](CO)[C@H](O)[C@H](O)[C@H]2O)C(=O)C1=O. The molecule has 2 aliphatic rings. The fraction of sp³-hybridized carbons (Fsp3) is 0.692.